The van der Waals surface area contributed by atoms with Crippen molar-refractivity contribution < 1.29 is 4.74 Å². The average molecular weight is 206 g/mol. The number of ether oxygens (including phenoxy) is 1. The van der Waals surface area contributed by atoms with Gasteiger partial charge in [-0.1, -0.05) is 27.7 Å². The maximum Gasteiger partial charge on any atom is 0.0591 e. The van der Waals surface area contributed by atoms with Crippen LogP contribution in [0.1, 0.15) is 27.7 Å². The molecule has 90 valence electrons. The summed E-state index contributed by atoms with van der Waals surface area (Å²) < 4.78 is 5.01. The molecule has 3 nitrogen and oxygen atoms in total. The molecule has 1 fully saturated rings. The molecule has 0 bridgehead atoms. The third-order valence-electron chi connectivity index (χ3n) is 0.846. The smallest absolute Gasteiger partial charge is 0.0591 e. The Morgan fingerprint density at radius 3 is 1.21 bits per heavy atom. The average Bonchev–Trinajstić information content (AvgIpc) is 2.25. The third kappa shape index (κ3) is 40.7. The summed E-state index contributed by atoms with van der Waals surface area (Å²) in [5.74, 6) is 0. The highest BCUT2D eigenvalue weighted by Gasteiger charge is 1.92. The highest BCUT2D eigenvalue weighted by atomic mass is 16.5. The number of hydrogen-bond acceptors (Lipinski definition) is 3. The highest BCUT2D eigenvalue weighted by Crippen LogP contribution is 1.76. The maximum absolute atomic E-state index is 5.01. The zero-order valence-electron chi connectivity index (χ0n) is 11.2. The van der Waals surface area contributed by atoms with Gasteiger partial charge in [0.15, 0.2) is 0 Å². The van der Waals surface area contributed by atoms with Crippen LogP contribution in [0.2, 0.25) is 0 Å². The molecule has 0 atom stereocenters. The topological polar surface area (TPSA) is 24.5 Å². The third-order valence-corrected chi connectivity index (χ3v) is 0.846. The lowest BCUT2D eigenvalue weighted by Gasteiger charge is -2.10. The van der Waals surface area contributed by atoms with Crippen molar-refractivity contribution in [3.63, 3.8) is 0 Å². The van der Waals surface area contributed by atoms with Gasteiger partial charge < -0.3 is 15.0 Å². The van der Waals surface area contributed by atoms with Crippen molar-refractivity contribution in [1.29, 1.82) is 0 Å². The van der Waals surface area contributed by atoms with Gasteiger partial charge in [-0.05, 0) is 21.1 Å². The largest absolute Gasteiger partial charge is 0.379 e. The van der Waals surface area contributed by atoms with Gasteiger partial charge in [0.25, 0.3) is 0 Å². The normalized spacial score (nSPS) is 13.7. The summed E-state index contributed by atoms with van der Waals surface area (Å²) in [5, 5.41) is 3.16. The Morgan fingerprint density at radius 2 is 1.14 bits per heavy atom. The van der Waals surface area contributed by atoms with E-state index in [-0.39, 0.29) is 0 Å². The first kappa shape index (κ1) is 19.5. The molecular weight excluding hydrogens is 176 g/mol. The minimum Gasteiger partial charge on any atom is -0.379 e. The fourth-order valence-corrected chi connectivity index (χ4v) is 0.516. The van der Waals surface area contributed by atoms with Crippen molar-refractivity contribution in [2.75, 3.05) is 47.4 Å². The van der Waals surface area contributed by atoms with Crippen molar-refractivity contribution in [3.8, 4) is 0 Å². The van der Waals surface area contributed by atoms with Crippen LogP contribution in [0.5, 0.6) is 0 Å². The fraction of sp³-hybridized carbons (Fsp3) is 1.00. The second-order valence-electron chi connectivity index (χ2n) is 2.70. The van der Waals surface area contributed by atoms with E-state index in [4.69, 9.17) is 4.74 Å². The van der Waals surface area contributed by atoms with Gasteiger partial charge in [-0.25, -0.2) is 0 Å². The van der Waals surface area contributed by atoms with Gasteiger partial charge >= 0.3 is 0 Å². The number of nitrogens with one attached hydrogen (secondary N) is 1. The number of rotatable bonds is 0. The molecule has 1 rings (SSSR count). The van der Waals surface area contributed by atoms with E-state index in [9.17, 15) is 0 Å². The molecule has 1 aliphatic heterocycles. The Kier molecular flexibility index (Phi) is 32.0. The Labute approximate surface area is 90.8 Å². The molecular formula is C11H30N2O. The number of nitrogens with zero attached hydrogens (tertiary/aromatic N) is 1. The Bertz CT molecular complexity index is 50.0. The van der Waals surface area contributed by atoms with E-state index >= 15 is 0 Å². The van der Waals surface area contributed by atoms with Gasteiger partial charge in [-0.2, -0.15) is 0 Å². The van der Waals surface area contributed by atoms with E-state index < -0.39 is 0 Å². The van der Waals surface area contributed by atoms with Crippen molar-refractivity contribution in [1.82, 2.24) is 10.2 Å². The van der Waals surface area contributed by atoms with Crippen molar-refractivity contribution in [2.24, 2.45) is 0 Å². The number of morpholine rings is 1. The van der Waals surface area contributed by atoms with Crippen molar-refractivity contribution in [3.05, 3.63) is 0 Å². The predicted molar refractivity (Wildman–Crippen MR) is 66.0 cm³/mol. The first-order chi connectivity index (χ1) is 6.73. The zero-order valence-corrected chi connectivity index (χ0v) is 11.2. The predicted octanol–water partition coefficient (Wildman–Crippen LogP) is 1.84. The molecule has 1 heterocycles. The molecule has 0 saturated carbocycles. The van der Waals surface area contributed by atoms with Crippen LogP contribution in [0, 0.1) is 0 Å². The Morgan fingerprint density at radius 1 is 0.857 bits per heavy atom. The molecule has 1 saturated heterocycles. The van der Waals surface area contributed by atoms with Gasteiger partial charge in [-0.3, -0.25) is 0 Å². The second kappa shape index (κ2) is 23.1. The molecule has 0 aromatic carbocycles. The van der Waals surface area contributed by atoms with Crippen LogP contribution in [-0.2, 0) is 4.74 Å². The molecule has 0 radical (unpaired) electrons. The van der Waals surface area contributed by atoms with Gasteiger partial charge in [0.2, 0.25) is 0 Å². The summed E-state index contributed by atoms with van der Waals surface area (Å²) in [5.41, 5.74) is 0. The lowest BCUT2D eigenvalue weighted by atomic mass is 10.5. The van der Waals surface area contributed by atoms with E-state index in [1.165, 1.54) is 0 Å². The molecule has 3 heteroatoms. The van der Waals surface area contributed by atoms with E-state index in [2.05, 4.69) is 5.32 Å². The molecule has 1 aliphatic rings. The minimum atomic E-state index is 0.889. The molecule has 1 N–H and O–H groups in total. The van der Waals surface area contributed by atoms with Crippen LogP contribution in [0.3, 0.4) is 0 Å². The van der Waals surface area contributed by atoms with Gasteiger partial charge in [0, 0.05) is 13.1 Å². The molecule has 0 unspecified atom stereocenters. The van der Waals surface area contributed by atoms with Gasteiger partial charge in [0.1, 0.15) is 0 Å². The molecule has 0 spiro atoms. The fourth-order valence-electron chi connectivity index (χ4n) is 0.516. The van der Waals surface area contributed by atoms with Crippen LogP contribution in [-0.4, -0.2) is 52.3 Å². The Balaban J connectivity index is -0.000000134. The van der Waals surface area contributed by atoms with Gasteiger partial charge in [-0.15, -0.1) is 0 Å². The lowest BCUT2D eigenvalue weighted by Crippen LogP contribution is -2.30. The van der Waals surface area contributed by atoms with Crippen molar-refractivity contribution >= 4 is 0 Å². The summed E-state index contributed by atoms with van der Waals surface area (Å²) >= 11 is 0. The summed E-state index contributed by atoms with van der Waals surface area (Å²) in [4.78, 5) is 2.00. The van der Waals surface area contributed by atoms with Crippen molar-refractivity contribution in [2.45, 2.75) is 27.7 Å². The first-order valence-corrected chi connectivity index (χ1v) is 5.63. The summed E-state index contributed by atoms with van der Waals surface area (Å²) in [6.07, 6.45) is 0. The van der Waals surface area contributed by atoms with E-state index in [0.29, 0.717) is 0 Å². The quantitative estimate of drug-likeness (QED) is 0.654. The standard InChI is InChI=1S/C4H9NO.C3H9N.2C2H6/c1-3-6-4-2-5-1;1-4(2)3;2*1-2/h5H,1-4H2;1-3H3;2*1-2H3. The molecule has 0 aliphatic carbocycles. The second-order valence-corrected chi connectivity index (χ2v) is 2.70. The zero-order chi connectivity index (χ0) is 11.8. The molecule has 0 amide bonds. The van der Waals surface area contributed by atoms with E-state index in [1.807, 2.05) is 53.7 Å². The van der Waals surface area contributed by atoms with E-state index in [1.54, 1.807) is 0 Å². The minimum absolute atomic E-state index is 0.889. The highest BCUT2D eigenvalue weighted by molar-refractivity contribution is 4.49. The molecule has 0 aromatic heterocycles. The number of hydrogen-bond donors (Lipinski definition) is 1. The SMILES string of the molecule is C1COCCN1.CC.CC.CN(C)C. The monoisotopic (exact) mass is 206 g/mol. The van der Waals surface area contributed by atoms with E-state index in [0.717, 1.165) is 26.3 Å². The van der Waals surface area contributed by atoms with Crippen LogP contribution < -0.4 is 5.32 Å². The summed E-state index contributed by atoms with van der Waals surface area (Å²) in [7, 11) is 6.00. The van der Waals surface area contributed by atoms with Crippen LogP contribution in [0.4, 0.5) is 0 Å². The van der Waals surface area contributed by atoms with Gasteiger partial charge in [0.05, 0.1) is 13.2 Å². The Hall–Kier alpha value is -0.120. The molecule has 14 heavy (non-hydrogen) atoms. The van der Waals surface area contributed by atoms with Crippen LogP contribution in [0.15, 0.2) is 0 Å². The summed E-state index contributed by atoms with van der Waals surface area (Å²) in [6.45, 7) is 11.8. The molecule has 0 aromatic rings. The first-order valence-electron chi connectivity index (χ1n) is 5.63. The summed E-state index contributed by atoms with van der Waals surface area (Å²) in [6, 6.07) is 0. The van der Waals surface area contributed by atoms with Crippen LogP contribution in [0.25, 0.3) is 0 Å². The lowest BCUT2D eigenvalue weighted by molar-refractivity contribution is 0.109. The van der Waals surface area contributed by atoms with Crippen LogP contribution >= 0.6 is 0 Å². The maximum atomic E-state index is 5.01.